The topological polar surface area (TPSA) is 47.6 Å². The zero-order chi connectivity index (χ0) is 24.6. The van der Waals surface area contributed by atoms with Gasteiger partial charge < -0.3 is 14.8 Å². The number of rotatable bonds is 9. The maximum Gasteiger partial charge on any atom is 0.255 e. The van der Waals surface area contributed by atoms with Crippen LogP contribution in [0.3, 0.4) is 0 Å². The van der Waals surface area contributed by atoms with Gasteiger partial charge in [0.25, 0.3) is 5.91 Å². The van der Waals surface area contributed by atoms with Crippen molar-refractivity contribution < 1.29 is 14.3 Å². The molecule has 0 saturated carbocycles. The minimum Gasteiger partial charge on any atom is -0.496 e. The Labute approximate surface area is 207 Å². The molecule has 0 aromatic heterocycles. The number of carbonyl (C=O) groups is 1. The minimum atomic E-state index is -0.142. The molecule has 0 unspecified atom stereocenters. The molecule has 4 heteroatoms. The Morgan fingerprint density at radius 3 is 2.03 bits per heavy atom. The normalized spacial score (nSPS) is 10.6. The quantitative estimate of drug-likeness (QED) is 0.282. The van der Waals surface area contributed by atoms with Crippen molar-refractivity contribution in [1.82, 2.24) is 0 Å². The van der Waals surface area contributed by atoms with Crippen molar-refractivity contribution in [3.8, 4) is 22.6 Å². The summed E-state index contributed by atoms with van der Waals surface area (Å²) in [6, 6.07) is 29.8. The summed E-state index contributed by atoms with van der Waals surface area (Å²) in [5.74, 6) is 1.30. The van der Waals surface area contributed by atoms with Gasteiger partial charge in [-0.25, -0.2) is 0 Å². The second-order valence-electron chi connectivity index (χ2n) is 8.32. The van der Waals surface area contributed by atoms with Gasteiger partial charge in [0.15, 0.2) is 0 Å². The van der Waals surface area contributed by atoms with Crippen LogP contribution in [0.1, 0.15) is 40.9 Å². The van der Waals surface area contributed by atoms with Crippen molar-refractivity contribution in [3.05, 3.63) is 113 Å². The lowest BCUT2D eigenvalue weighted by atomic mass is 10.0. The Bertz CT molecular complexity index is 1260. The first-order valence-electron chi connectivity index (χ1n) is 12.0. The molecule has 4 nitrogen and oxygen atoms in total. The highest BCUT2D eigenvalue weighted by Crippen LogP contribution is 2.27. The molecule has 0 heterocycles. The van der Waals surface area contributed by atoms with E-state index in [1.165, 1.54) is 0 Å². The highest BCUT2D eigenvalue weighted by Gasteiger charge is 2.14. The standard InChI is InChI=1S/C31H31NO3/c1-4-22-12-9-13-23(5-2)30(22)32-31(33)26-16-19-29(34-3)27(20-26)21-35-28-17-14-25(15-18-28)24-10-7-6-8-11-24/h6-20H,4-5,21H2,1-3H3,(H,32,33). The summed E-state index contributed by atoms with van der Waals surface area (Å²) in [6.45, 7) is 4.49. The smallest absolute Gasteiger partial charge is 0.255 e. The maximum atomic E-state index is 13.2. The van der Waals surface area contributed by atoms with Crippen LogP contribution in [0.5, 0.6) is 11.5 Å². The van der Waals surface area contributed by atoms with Gasteiger partial charge in [0.1, 0.15) is 18.1 Å². The first-order chi connectivity index (χ1) is 17.1. The van der Waals surface area contributed by atoms with Crippen molar-refractivity contribution >= 4 is 11.6 Å². The van der Waals surface area contributed by atoms with Gasteiger partial charge in [-0.05, 0) is 65.4 Å². The summed E-state index contributed by atoms with van der Waals surface area (Å²) in [6.07, 6.45) is 1.71. The fraction of sp³-hybridized carbons (Fsp3) is 0.194. The van der Waals surface area contributed by atoms with Gasteiger partial charge in [-0.2, -0.15) is 0 Å². The minimum absolute atomic E-state index is 0.142. The largest absolute Gasteiger partial charge is 0.496 e. The molecule has 0 fully saturated rings. The number of hydrogen-bond acceptors (Lipinski definition) is 3. The van der Waals surface area contributed by atoms with Crippen molar-refractivity contribution in [1.29, 1.82) is 0 Å². The molecule has 0 saturated heterocycles. The van der Waals surface area contributed by atoms with Crippen LogP contribution in [0, 0.1) is 0 Å². The van der Waals surface area contributed by atoms with E-state index in [0.29, 0.717) is 17.9 Å². The fourth-order valence-electron chi connectivity index (χ4n) is 4.16. The lowest BCUT2D eigenvalue weighted by molar-refractivity contribution is 0.102. The molecule has 0 aliphatic carbocycles. The Morgan fingerprint density at radius 2 is 1.40 bits per heavy atom. The first-order valence-corrected chi connectivity index (χ1v) is 12.0. The van der Waals surface area contributed by atoms with Gasteiger partial charge >= 0.3 is 0 Å². The van der Waals surface area contributed by atoms with Crippen LogP contribution in [0.4, 0.5) is 5.69 Å². The number of methoxy groups -OCH3 is 1. The molecule has 0 aliphatic heterocycles. The molecule has 0 aliphatic rings. The summed E-state index contributed by atoms with van der Waals surface area (Å²) >= 11 is 0. The molecule has 0 atom stereocenters. The number of nitrogens with one attached hydrogen (secondary N) is 1. The third-order valence-electron chi connectivity index (χ3n) is 6.14. The summed E-state index contributed by atoms with van der Waals surface area (Å²) < 4.78 is 11.6. The van der Waals surface area contributed by atoms with Gasteiger partial charge in [0, 0.05) is 16.8 Å². The molecular weight excluding hydrogens is 434 g/mol. The lowest BCUT2D eigenvalue weighted by Gasteiger charge is -2.16. The van der Waals surface area contributed by atoms with E-state index in [1.54, 1.807) is 13.2 Å². The van der Waals surface area contributed by atoms with Crippen LogP contribution in [0.25, 0.3) is 11.1 Å². The van der Waals surface area contributed by atoms with E-state index < -0.39 is 0 Å². The number of ether oxygens (including phenoxy) is 2. The van der Waals surface area contributed by atoms with E-state index in [4.69, 9.17) is 9.47 Å². The summed E-state index contributed by atoms with van der Waals surface area (Å²) in [4.78, 5) is 13.2. The second-order valence-corrected chi connectivity index (χ2v) is 8.32. The number of anilines is 1. The first kappa shape index (κ1) is 24.1. The van der Waals surface area contributed by atoms with Crippen LogP contribution in [-0.4, -0.2) is 13.0 Å². The molecule has 0 bridgehead atoms. The van der Waals surface area contributed by atoms with E-state index in [9.17, 15) is 4.79 Å². The molecule has 0 radical (unpaired) electrons. The van der Waals surface area contributed by atoms with Gasteiger partial charge in [0.05, 0.1) is 7.11 Å². The van der Waals surface area contributed by atoms with E-state index in [0.717, 1.165) is 52.1 Å². The number of hydrogen-bond donors (Lipinski definition) is 1. The SMILES string of the molecule is CCc1cccc(CC)c1NC(=O)c1ccc(OC)c(COc2ccc(-c3ccccc3)cc2)c1. The average molecular weight is 466 g/mol. The Hall–Kier alpha value is -4.05. The number of amides is 1. The summed E-state index contributed by atoms with van der Waals surface area (Å²) in [7, 11) is 1.62. The number of carbonyl (C=O) groups excluding carboxylic acids is 1. The van der Waals surface area contributed by atoms with Crippen molar-refractivity contribution in [2.45, 2.75) is 33.3 Å². The van der Waals surface area contributed by atoms with Crippen LogP contribution >= 0.6 is 0 Å². The van der Waals surface area contributed by atoms with Gasteiger partial charge in [0.2, 0.25) is 0 Å². The van der Waals surface area contributed by atoms with Crippen LogP contribution in [-0.2, 0) is 19.4 Å². The molecule has 1 N–H and O–H groups in total. The lowest BCUT2D eigenvalue weighted by Crippen LogP contribution is -2.15. The van der Waals surface area contributed by atoms with E-state index >= 15 is 0 Å². The summed E-state index contributed by atoms with van der Waals surface area (Å²) in [5.41, 5.74) is 6.85. The Balaban J connectivity index is 1.50. The van der Waals surface area contributed by atoms with E-state index in [2.05, 4.69) is 43.4 Å². The van der Waals surface area contributed by atoms with Crippen LogP contribution < -0.4 is 14.8 Å². The van der Waals surface area contributed by atoms with Crippen molar-refractivity contribution in [2.75, 3.05) is 12.4 Å². The van der Waals surface area contributed by atoms with E-state index in [1.807, 2.05) is 60.7 Å². The highest BCUT2D eigenvalue weighted by molar-refractivity contribution is 6.05. The number of para-hydroxylation sites is 1. The predicted molar refractivity (Wildman–Crippen MR) is 142 cm³/mol. The molecule has 4 aromatic carbocycles. The fourth-order valence-corrected chi connectivity index (χ4v) is 4.16. The molecule has 35 heavy (non-hydrogen) atoms. The zero-order valence-corrected chi connectivity index (χ0v) is 20.5. The highest BCUT2D eigenvalue weighted by atomic mass is 16.5. The van der Waals surface area contributed by atoms with Crippen molar-refractivity contribution in [3.63, 3.8) is 0 Å². The third kappa shape index (κ3) is 5.72. The van der Waals surface area contributed by atoms with Gasteiger partial charge in [-0.3, -0.25) is 4.79 Å². The predicted octanol–water partition coefficient (Wildman–Crippen LogP) is 7.32. The van der Waals surface area contributed by atoms with Gasteiger partial charge in [-0.1, -0.05) is 74.5 Å². The number of aryl methyl sites for hydroxylation is 2. The Kier molecular flexibility index (Phi) is 7.84. The molecule has 0 spiro atoms. The third-order valence-corrected chi connectivity index (χ3v) is 6.14. The van der Waals surface area contributed by atoms with E-state index in [-0.39, 0.29) is 5.91 Å². The molecule has 4 aromatic rings. The maximum absolute atomic E-state index is 13.2. The second kappa shape index (κ2) is 11.4. The molecule has 4 rings (SSSR count). The van der Waals surface area contributed by atoms with Crippen LogP contribution in [0.15, 0.2) is 91.0 Å². The molecule has 1 amide bonds. The average Bonchev–Trinajstić information content (AvgIpc) is 2.92. The van der Waals surface area contributed by atoms with Crippen molar-refractivity contribution in [2.24, 2.45) is 0 Å². The monoisotopic (exact) mass is 465 g/mol. The molecule has 178 valence electrons. The van der Waals surface area contributed by atoms with Gasteiger partial charge in [-0.15, -0.1) is 0 Å². The number of benzene rings is 4. The Morgan fingerprint density at radius 1 is 0.743 bits per heavy atom. The zero-order valence-electron chi connectivity index (χ0n) is 20.5. The molecular formula is C31H31NO3. The summed E-state index contributed by atoms with van der Waals surface area (Å²) in [5, 5.41) is 3.14. The van der Waals surface area contributed by atoms with Crippen LogP contribution in [0.2, 0.25) is 0 Å².